The lowest BCUT2D eigenvalue weighted by Crippen LogP contribution is -2.23. The SMILES string of the molecule is CCc1cc(-c2cccc(NCOC(C)(C)C)n2)c(OC)cc1CO. The molecule has 0 spiro atoms. The Balaban J connectivity index is 2.30. The molecule has 0 saturated heterocycles. The lowest BCUT2D eigenvalue weighted by atomic mass is 9.99. The quantitative estimate of drug-likeness (QED) is 0.744. The molecule has 1 aromatic heterocycles. The minimum atomic E-state index is -0.204. The van der Waals surface area contributed by atoms with Crippen LogP contribution in [0.3, 0.4) is 0 Å². The van der Waals surface area contributed by atoms with Crippen LogP contribution in [0.5, 0.6) is 5.75 Å². The van der Waals surface area contributed by atoms with E-state index in [1.807, 2.05) is 51.1 Å². The number of aryl methyl sites for hydroxylation is 1. The van der Waals surface area contributed by atoms with Crippen LogP contribution in [0.4, 0.5) is 5.82 Å². The Morgan fingerprint density at radius 2 is 1.92 bits per heavy atom. The van der Waals surface area contributed by atoms with E-state index in [2.05, 4.69) is 17.2 Å². The second kappa shape index (κ2) is 8.32. The summed E-state index contributed by atoms with van der Waals surface area (Å²) >= 11 is 0. The van der Waals surface area contributed by atoms with Gasteiger partial charge >= 0.3 is 0 Å². The molecule has 0 amide bonds. The van der Waals surface area contributed by atoms with Crippen molar-refractivity contribution < 1.29 is 14.6 Å². The van der Waals surface area contributed by atoms with Gasteiger partial charge < -0.3 is 19.9 Å². The van der Waals surface area contributed by atoms with Gasteiger partial charge in [-0.2, -0.15) is 0 Å². The molecule has 0 fully saturated rings. The fraction of sp³-hybridized carbons (Fsp3) is 0.450. The first-order valence-electron chi connectivity index (χ1n) is 8.54. The molecule has 1 aromatic carbocycles. The normalized spacial score (nSPS) is 11.4. The molecule has 0 aliphatic rings. The number of ether oxygens (including phenoxy) is 2. The molecule has 1 heterocycles. The Morgan fingerprint density at radius 3 is 2.52 bits per heavy atom. The largest absolute Gasteiger partial charge is 0.496 e. The second-order valence-corrected chi connectivity index (χ2v) is 6.82. The summed E-state index contributed by atoms with van der Waals surface area (Å²) in [6.45, 7) is 8.49. The minimum absolute atomic E-state index is 0.00101. The summed E-state index contributed by atoms with van der Waals surface area (Å²) in [5.74, 6) is 1.45. The number of methoxy groups -OCH3 is 1. The molecule has 2 N–H and O–H groups in total. The van der Waals surface area contributed by atoms with Crippen LogP contribution in [-0.2, 0) is 17.8 Å². The molecule has 5 nitrogen and oxygen atoms in total. The van der Waals surface area contributed by atoms with Gasteiger partial charge in [-0.15, -0.1) is 0 Å². The first-order valence-corrected chi connectivity index (χ1v) is 8.54. The van der Waals surface area contributed by atoms with Crippen LogP contribution in [0.1, 0.15) is 38.8 Å². The summed E-state index contributed by atoms with van der Waals surface area (Å²) < 4.78 is 11.2. The summed E-state index contributed by atoms with van der Waals surface area (Å²) in [4.78, 5) is 4.67. The number of hydrogen-bond acceptors (Lipinski definition) is 5. The lowest BCUT2D eigenvalue weighted by molar-refractivity contribution is 0.00834. The highest BCUT2D eigenvalue weighted by Crippen LogP contribution is 2.32. The molecule has 0 aliphatic carbocycles. The first-order chi connectivity index (χ1) is 11.9. The van der Waals surface area contributed by atoms with Crippen molar-refractivity contribution in [1.82, 2.24) is 4.98 Å². The van der Waals surface area contributed by atoms with E-state index >= 15 is 0 Å². The number of rotatable bonds is 7. The van der Waals surface area contributed by atoms with Gasteiger partial charge in [-0.25, -0.2) is 4.98 Å². The number of aromatic nitrogens is 1. The van der Waals surface area contributed by atoms with Crippen molar-refractivity contribution in [3.8, 4) is 17.0 Å². The molecule has 0 radical (unpaired) electrons. The average Bonchev–Trinajstić information content (AvgIpc) is 2.59. The van der Waals surface area contributed by atoms with Crippen LogP contribution in [0.25, 0.3) is 11.3 Å². The van der Waals surface area contributed by atoms with Crippen LogP contribution in [0.15, 0.2) is 30.3 Å². The van der Waals surface area contributed by atoms with E-state index in [0.29, 0.717) is 12.5 Å². The highest BCUT2D eigenvalue weighted by molar-refractivity contribution is 5.70. The first kappa shape index (κ1) is 19.2. The third kappa shape index (κ3) is 5.18. The fourth-order valence-electron chi connectivity index (χ4n) is 2.52. The number of aliphatic hydroxyl groups excluding tert-OH is 1. The minimum Gasteiger partial charge on any atom is -0.496 e. The topological polar surface area (TPSA) is 63.6 Å². The smallest absolute Gasteiger partial charge is 0.128 e. The molecule has 0 bridgehead atoms. The zero-order chi connectivity index (χ0) is 18.4. The van der Waals surface area contributed by atoms with Gasteiger partial charge in [-0.05, 0) is 62.6 Å². The highest BCUT2D eigenvalue weighted by atomic mass is 16.5. The fourth-order valence-corrected chi connectivity index (χ4v) is 2.52. The van der Waals surface area contributed by atoms with Crippen molar-refractivity contribution in [3.05, 3.63) is 41.5 Å². The molecule has 0 atom stereocenters. The Hall–Kier alpha value is -2.11. The van der Waals surface area contributed by atoms with E-state index in [1.54, 1.807) is 7.11 Å². The summed E-state index contributed by atoms with van der Waals surface area (Å²) in [7, 11) is 1.63. The van der Waals surface area contributed by atoms with Gasteiger partial charge in [0.15, 0.2) is 0 Å². The van der Waals surface area contributed by atoms with Crippen molar-refractivity contribution in [3.63, 3.8) is 0 Å². The van der Waals surface area contributed by atoms with Gasteiger partial charge in [0.2, 0.25) is 0 Å². The van der Waals surface area contributed by atoms with Crippen molar-refractivity contribution in [2.45, 2.75) is 46.3 Å². The van der Waals surface area contributed by atoms with Crippen molar-refractivity contribution in [2.75, 3.05) is 19.2 Å². The Labute approximate surface area is 150 Å². The van der Waals surface area contributed by atoms with E-state index in [-0.39, 0.29) is 12.2 Å². The van der Waals surface area contributed by atoms with Crippen molar-refractivity contribution in [2.24, 2.45) is 0 Å². The van der Waals surface area contributed by atoms with Crippen LogP contribution in [0, 0.1) is 0 Å². The molecule has 0 unspecified atom stereocenters. The Morgan fingerprint density at radius 1 is 1.16 bits per heavy atom. The number of benzene rings is 1. The molecule has 136 valence electrons. The van der Waals surface area contributed by atoms with Gasteiger partial charge in [0, 0.05) is 5.56 Å². The van der Waals surface area contributed by atoms with Crippen molar-refractivity contribution >= 4 is 5.82 Å². The molecule has 2 aromatic rings. The van der Waals surface area contributed by atoms with E-state index in [9.17, 15) is 5.11 Å². The van der Waals surface area contributed by atoms with E-state index in [0.717, 1.165) is 34.6 Å². The highest BCUT2D eigenvalue weighted by Gasteiger charge is 2.13. The molecule has 25 heavy (non-hydrogen) atoms. The van der Waals surface area contributed by atoms with Crippen LogP contribution in [0.2, 0.25) is 0 Å². The molecule has 5 heteroatoms. The Bertz CT molecular complexity index is 709. The maximum atomic E-state index is 9.54. The Kier molecular flexibility index (Phi) is 6.39. The number of pyridine rings is 1. The molecule has 0 saturated carbocycles. The van der Waals surface area contributed by atoms with Gasteiger partial charge in [0.1, 0.15) is 18.3 Å². The number of hydrogen-bond donors (Lipinski definition) is 2. The zero-order valence-electron chi connectivity index (χ0n) is 15.7. The molecule has 0 aliphatic heterocycles. The summed E-state index contributed by atoms with van der Waals surface area (Å²) in [6, 6.07) is 9.74. The maximum absolute atomic E-state index is 9.54. The average molecular weight is 344 g/mol. The lowest BCUT2D eigenvalue weighted by Gasteiger charge is -2.20. The van der Waals surface area contributed by atoms with Crippen LogP contribution < -0.4 is 10.1 Å². The molecular formula is C20H28N2O3. The molecule has 2 rings (SSSR count). The predicted octanol–water partition coefficient (Wildman–Crippen LogP) is 4.00. The summed E-state index contributed by atoms with van der Waals surface area (Å²) in [6.07, 6.45) is 0.838. The summed E-state index contributed by atoms with van der Waals surface area (Å²) in [5, 5.41) is 12.7. The standard InChI is InChI=1S/C20H28N2O3/c1-6-14-10-16(18(24-5)11-15(14)12-23)17-8-7-9-19(22-17)21-13-25-20(2,3)4/h7-11,23H,6,12-13H2,1-5H3,(H,21,22). The van der Waals surface area contributed by atoms with E-state index in [4.69, 9.17) is 9.47 Å². The number of anilines is 1. The zero-order valence-corrected chi connectivity index (χ0v) is 15.7. The van der Waals surface area contributed by atoms with E-state index in [1.165, 1.54) is 0 Å². The van der Waals surface area contributed by atoms with Gasteiger partial charge in [0.05, 0.1) is 25.0 Å². The number of nitrogens with one attached hydrogen (secondary N) is 1. The van der Waals surface area contributed by atoms with Crippen molar-refractivity contribution in [1.29, 1.82) is 0 Å². The van der Waals surface area contributed by atoms with Crippen LogP contribution in [-0.4, -0.2) is 29.5 Å². The third-order valence-corrected chi connectivity index (χ3v) is 3.86. The van der Waals surface area contributed by atoms with E-state index < -0.39 is 0 Å². The van der Waals surface area contributed by atoms with Gasteiger partial charge in [-0.3, -0.25) is 0 Å². The summed E-state index contributed by atoms with van der Waals surface area (Å²) in [5.41, 5.74) is 3.50. The second-order valence-electron chi connectivity index (χ2n) is 6.82. The number of nitrogens with zero attached hydrogens (tertiary/aromatic N) is 1. The van der Waals surface area contributed by atoms with Gasteiger partial charge in [-0.1, -0.05) is 13.0 Å². The monoisotopic (exact) mass is 344 g/mol. The van der Waals surface area contributed by atoms with Crippen LogP contribution >= 0.6 is 0 Å². The third-order valence-electron chi connectivity index (χ3n) is 3.86. The molecular weight excluding hydrogens is 316 g/mol. The number of aliphatic hydroxyl groups is 1. The maximum Gasteiger partial charge on any atom is 0.128 e. The predicted molar refractivity (Wildman–Crippen MR) is 101 cm³/mol. The van der Waals surface area contributed by atoms with Gasteiger partial charge in [0.25, 0.3) is 0 Å².